The van der Waals surface area contributed by atoms with Crippen LogP contribution in [0.3, 0.4) is 0 Å². The Morgan fingerprint density at radius 2 is 2.12 bits per heavy atom. The summed E-state index contributed by atoms with van der Waals surface area (Å²) in [6, 6.07) is 10.9. The van der Waals surface area contributed by atoms with Gasteiger partial charge in [-0.15, -0.1) is 11.3 Å². The van der Waals surface area contributed by atoms with Gasteiger partial charge in [0.05, 0.1) is 33.2 Å². The molecule has 0 fully saturated rings. The van der Waals surface area contributed by atoms with Crippen LogP contribution >= 0.6 is 22.9 Å². The fourth-order valence-corrected chi connectivity index (χ4v) is 4.58. The number of aromatic nitrogens is 1. The standard InChI is InChI=1S/C18H16ClN3O3S/c19-15-7-11-14(26-15)6-13(21-11)18(25)22-12-5-9-3-1-2-4-10(9)17(12)20-8-16(23)24/h1-4,6-7,12,17,20-21H,5,8H2,(H,22,25)(H,23,24)/t12-,17-/m1/s1. The number of H-pyrrole nitrogens is 1. The van der Waals surface area contributed by atoms with Gasteiger partial charge in [-0.25, -0.2) is 0 Å². The van der Waals surface area contributed by atoms with Gasteiger partial charge in [0.2, 0.25) is 0 Å². The van der Waals surface area contributed by atoms with E-state index >= 15 is 0 Å². The average Bonchev–Trinajstić information content (AvgIpc) is 3.23. The number of hydrogen-bond acceptors (Lipinski definition) is 4. The Bertz CT molecular complexity index is 965. The van der Waals surface area contributed by atoms with Crippen LogP contribution in [0, 0.1) is 0 Å². The second-order valence-corrected chi connectivity index (χ2v) is 7.96. The zero-order valence-electron chi connectivity index (χ0n) is 13.6. The molecule has 4 rings (SSSR count). The molecule has 1 aliphatic rings. The molecule has 0 unspecified atom stereocenters. The molecule has 0 radical (unpaired) electrons. The second kappa shape index (κ2) is 6.75. The van der Waals surface area contributed by atoms with Crippen molar-refractivity contribution in [3.63, 3.8) is 0 Å². The predicted octanol–water partition coefficient (Wildman–Crippen LogP) is 2.95. The van der Waals surface area contributed by atoms with E-state index in [4.69, 9.17) is 16.7 Å². The largest absolute Gasteiger partial charge is 0.480 e. The second-order valence-electron chi connectivity index (χ2n) is 6.25. The summed E-state index contributed by atoms with van der Waals surface area (Å²) in [5.74, 6) is -1.15. The molecular formula is C18H16ClN3O3S. The molecule has 1 aromatic carbocycles. The lowest BCUT2D eigenvalue weighted by Gasteiger charge is -2.22. The van der Waals surface area contributed by atoms with Gasteiger partial charge >= 0.3 is 5.97 Å². The summed E-state index contributed by atoms with van der Waals surface area (Å²) < 4.78 is 1.60. The SMILES string of the molecule is O=C(O)CN[C@@H]1c2ccccc2C[C@H]1NC(=O)c1cc2sc(Cl)cc2[nH]1. The van der Waals surface area contributed by atoms with Gasteiger partial charge in [0.15, 0.2) is 0 Å². The van der Waals surface area contributed by atoms with Crippen molar-refractivity contribution >= 4 is 45.0 Å². The third kappa shape index (κ3) is 3.21. The van der Waals surface area contributed by atoms with Crippen LogP contribution < -0.4 is 10.6 Å². The van der Waals surface area contributed by atoms with Crippen LogP contribution in [0.5, 0.6) is 0 Å². The zero-order chi connectivity index (χ0) is 18.3. The number of benzene rings is 1. The highest BCUT2D eigenvalue weighted by Crippen LogP contribution is 2.32. The van der Waals surface area contributed by atoms with Crippen LogP contribution in [0.1, 0.15) is 27.7 Å². The van der Waals surface area contributed by atoms with Gasteiger partial charge in [0, 0.05) is 0 Å². The maximum atomic E-state index is 12.7. The minimum Gasteiger partial charge on any atom is -0.480 e. The van der Waals surface area contributed by atoms with Crippen molar-refractivity contribution in [2.24, 2.45) is 0 Å². The number of carboxylic acids is 1. The van der Waals surface area contributed by atoms with E-state index in [0.717, 1.165) is 21.3 Å². The Labute approximate surface area is 158 Å². The van der Waals surface area contributed by atoms with Gasteiger partial charge in [0.25, 0.3) is 5.91 Å². The molecule has 2 heterocycles. The lowest BCUT2D eigenvalue weighted by atomic mass is 10.1. The number of hydrogen-bond donors (Lipinski definition) is 4. The minimum absolute atomic E-state index is 0.165. The van der Waals surface area contributed by atoms with Crippen molar-refractivity contribution in [1.29, 1.82) is 0 Å². The molecule has 2 atom stereocenters. The van der Waals surface area contributed by atoms with Crippen LogP contribution in [0.2, 0.25) is 4.34 Å². The zero-order valence-corrected chi connectivity index (χ0v) is 15.2. The van der Waals surface area contributed by atoms with E-state index < -0.39 is 5.97 Å². The van der Waals surface area contributed by atoms with E-state index in [1.54, 1.807) is 12.1 Å². The van der Waals surface area contributed by atoms with Gasteiger partial charge in [0.1, 0.15) is 5.69 Å². The van der Waals surface area contributed by atoms with Crippen molar-refractivity contribution < 1.29 is 14.7 Å². The number of halogens is 1. The number of thiophene rings is 1. The van der Waals surface area contributed by atoms with E-state index in [2.05, 4.69) is 15.6 Å². The molecule has 0 spiro atoms. The van der Waals surface area contributed by atoms with E-state index in [-0.39, 0.29) is 24.5 Å². The summed E-state index contributed by atoms with van der Waals surface area (Å²) in [7, 11) is 0. The number of aromatic amines is 1. The van der Waals surface area contributed by atoms with Crippen molar-refractivity contribution in [3.05, 3.63) is 57.6 Å². The third-order valence-electron chi connectivity index (χ3n) is 4.54. The van der Waals surface area contributed by atoms with E-state index in [0.29, 0.717) is 16.5 Å². The predicted molar refractivity (Wildman–Crippen MR) is 101 cm³/mol. The maximum Gasteiger partial charge on any atom is 0.317 e. The molecule has 26 heavy (non-hydrogen) atoms. The number of nitrogens with one attached hydrogen (secondary N) is 3. The molecule has 0 saturated carbocycles. The van der Waals surface area contributed by atoms with E-state index in [1.165, 1.54) is 11.3 Å². The molecule has 2 aromatic heterocycles. The van der Waals surface area contributed by atoms with Gasteiger partial charge in [-0.1, -0.05) is 35.9 Å². The molecule has 1 aliphatic carbocycles. The van der Waals surface area contributed by atoms with Crippen molar-refractivity contribution in [3.8, 4) is 0 Å². The topological polar surface area (TPSA) is 94.2 Å². The monoisotopic (exact) mass is 389 g/mol. The smallest absolute Gasteiger partial charge is 0.317 e. The normalized spacial score (nSPS) is 18.8. The number of fused-ring (bicyclic) bond motifs is 2. The number of amides is 1. The molecular weight excluding hydrogens is 374 g/mol. The molecule has 6 nitrogen and oxygen atoms in total. The summed E-state index contributed by atoms with van der Waals surface area (Å²) >= 11 is 7.38. The molecule has 0 bridgehead atoms. The maximum absolute atomic E-state index is 12.7. The van der Waals surface area contributed by atoms with Crippen LogP contribution in [0.4, 0.5) is 0 Å². The van der Waals surface area contributed by atoms with Crippen molar-refractivity contribution in [1.82, 2.24) is 15.6 Å². The van der Waals surface area contributed by atoms with Crippen LogP contribution in [0.15, 0.2) is 36.4 Å². The number of aliphatic carboxylic acids is 1. The quantitative estimate of drug-likeness (QED) is 0.539. The fourth-order valence-electron chi connectivity index (χ4n) is 3.44. The van der Waals surface area contributed by atoms with Crippen LogP contribution in [-0.2, 0) is 11.2 Å². The molecule has 0 aliphatic heterocycles. The van der Waals surface area contributed by atoms with Crippen molar-refractivity contribution in [2.45, 2.75) is 18.5 Å². The van der Waals surface area contributed by atoms with Crippen molar-refractivity contribution in [2.75, 3.05) is 6.54 Å². The van der Waals surface area contributed by atoms with Crippen LogP contribution in [-0.4, -0.2) is 34.6 Å². The molecule has 4 N–H and O–H groups in total. The first kappa shape index (κ1) is 17.1. The van der Waals surface area contributed by atoms with Gasteiger partial charge < -0.3 is 15.4 Å². The Morgan fingerprint density at radius 3 is 2.88 bits per heavy atom. The highest BCUT2D eigenvalue weighted by atomic mass is 35.5. The first-order valence-corrected chi connectivity index (χ1v) is 9.32. The number of carbonyl (C=O) groups is 2. The first-order valence-electron chi connectivity index (χ1n) is 8.13. The molecule has 0 saturated heterocycles. The minimum atomic E-state index is -0.930. The Kier molecular flexibility index (Phi) is 4.44. The summed E-state index contributed by atoms with van der Waals surface area (Å²) in [5.41, 5.74) is 3.44. The number of rotatable bonds is 5. The first-order chi connectivity index (χ1) is 12.5. The summed E-state index contributed by atoms with van der Waals surface area (Å²) in [6.45, 7) is -0.165. The lowest BCUT2D eigenvalue weighted by Crippen LogP contribution is -2.44. The highest BCUT2D eigenvalue weighted by Gasteiger charge is 2.33. The highest BCUT2D eigenvalue weighted by molar-refractivity contribution is 7.22. The molecule has 134 valence electrons. The average molecular weight is 390 g/mol. The lowest BCUT2D eigenvalue weighted by molar-refractivity contribution is -0.136. The Balaban J connectivity index is 1.54. The fraction of sp³-hybridized carbons (Fsp3) is 0.222. The number of carbonyl (C=O) groups excluding carboxylic acids is 1. The molecule has 8 heteroatoms. The Morgan fingerprint density at radius 1 is 1.31 bits per heavy atom. The van der Waals surface area contributed by atoms with E-state index in [9.17, 15) is 9.59 Å². The number of carboxylic acid groups (broad SMARTS) is 1. The third-order valence-corrected chi connectivity index (χ3v) is 5.75. The Hall–Kier alpha value is -2.35. The van der Waals surface area contributed by atoms with Gasteiger partial charge in [-0.2, -0.15) is 0 Å². The van der Waals surface area contributed by atoms with Crippen LogP contribution in [0.25, 0.3) is 10.2 Å². The van der Waals surface area contributed by atoms with Gasteiger partial charge in [-0.3, -0.25) is 14.9 Å². The summed E-state index contributed by atoms with van der Waals surface area (Å²) in [6.07, 6.45) is 0.653. The van der Waals surface area contributed by atoms with Gasteiger partial charge in [-0.05, 0) is 29.7 Å². The summed E-state index contributed by atoms with van der Waals surface area (Å²) in [4.78, 5) is 26.7. The molecule has 1 amide bonds. The summed E-state index contributed by atoms with van der Waals surface area (Å²) in [5, 5.41) is 15.0. The molecule has 3 aromatic rings. The van der Waals surface area contributed by atoms with E-state index in [1.807, 2.05) is 24.3 Å².